The summed E-state index contributed by atoms with van der Waals surface area (Å²) < 4.78 is 5.43. The van der Waals surface area contributed by atoms with E-state index in [1.54, 1.807) is 6.08 Å². The fraction of sp³-hybridized carbons (Fsp3) is 0.792. The molecule has 1 amide bonds. The third-order valence-corrected chi connectivity index (χ3v) is 10.1. The Morgan fingerprint density at radius 3 is 1.46 bits per heavy atom. The van der Waals surface area contributed by atoms with E-state index < -0.39 is 12.1 Å². The van der Waals surface area contributed by atoms with Crippen LogP contribution in [0.3, 0.4) is 0 Å². The second-order valence-corrected chi connectivity index (χ2v) is 15.4. The number of allylic oxidation sites excluding steroid dienone is 7. The minimum Gasteiger partial charge on any atom is -0.466 e. The predicted molar refractivity (Wildman–Crippen MR) is 232 cm³/mol. The molecule has 0 radical (unpaired) electrons. The lowest BCUT2D eigenvalue weighted by molar-refractivity contribution is -0.143. The van der Waals surface area contributed by atoms with Gasteiger partial charge in [-0.2, -0.15) is 0 Å². The van der Waals surface area contributed by atoms with Gasteiger partial charge in [-0.25, -0.2) is 0 Å². The second kappa shape index (κ2) is 43.5. The second-order valence-electron chi connectivity index (χ2n) is 15.4. The zero-order valence-corrected chi connectivity index (χ0v) is 35.4. The lowest BCUT2D eigenvalue weighted by Crippen LogP contribution is -2.45. The Kier molecular flexibility index (Phi) is 41.8. The van der Waals surface area contributed by atoms with Crippen LogP contribution in [0, 0.1) is 0 Å². The van der Waals surface area contributed by atoms with Crippen molar-refractivity contribution in [1.29, 1.82) is 0 Å². The summed E-state index contributed by atoms with van der Waals surface area (Å²) in [6, 6.07) is -0.670. The number of aliphatic hydroxyl groups is 2. The molecule has 0 aliphatic heterocycles. The first-order chi connectivity index (χ1) is 26.5. The Bertz CT molecular complexity index is 926. The average Bonchev–Trinajstić information content (AvgIpc) is 3.17. The predicted octanol–water partition coefficient (Wildman–Crippen LogP) is 13.1. The monoisotopic (exact) mass is 758 g/mol. The van der Waals surface area contributed by atoms with E-state index in [1.807, 2.05) is 12.2 Å². The smallest absolute Gasteiger partial charge is 0.305 e. The molecule has 2 unspecified atom stereocenters. The molecule has 54 heavy (non-hydrogen) atoms. The van der Waals surface area contributed by atoms with Crippen molar-refractivity contribution in [3.8, 4) is 0 Å². The van der Waals surface area contributed by atoms with E-state index in [2.05, 4.69) is 49.5 Å². The van der Waals surface area contributed by atoms with Gasteiger partial charge in [0, 0.05) is 12.8 Å². The van der Waals surface area contributed by atoms with Crippen molar-refractivity contribution in [2.75, 3.05) is 13.2 Å². The van der Waals surface area contributed by atoms with Crippen LogP contribution in [0.2, 0.25) is 0 Å². The van der Waals surface area contributed by atoms with Crippen LogP contribution in [0.4, 0.5) is 0 Å². The molecule has 6 nitrogen and oxygen atoms in total. The molecule has 0 aliphatic rings. The van der Waals surface area contributed by atoms with E-state index in [-0.39, 0.29) is 18.5 Å². The zero-order valence-electron chi connectivity index (χ0n) is 35.4. The van der Waals surface area contributed by atoms with Crippen LogP contribution in [0.1, 0.15) is 219 Å². The van der Waals surface area contributed by atoms with Crippen LogP contribution < -0.4 is 5.32 Å². The summed E-state index contributed by atoms with van der Waals surface area (Å²) in [5.41, 5.74) is 0. The number of aliphatic hydroxyl groups excluding tert-OH is 2. The molecule has 3 N–H and O–H groups in total. The number of carbonyl (C=O) groups is 2. The van der Waals surface area contributed by atoms with Crippen LogP contribution >= 0.6 is 0 Å². The normalized spacial score (nSPS) is 13.2. The highest BCUT2D eigenvalue weighted by molar-refractivity contribution is 5.76. The quantitative estimate of drug-likeness (QED) is 0.0328. The number of hydrogen-bond acceptors (Lipinski definition) is 5. The summed E-state index contributed by atoms with van der Waals surface area (Å²) >= 11 is 0. The minimum atomic E-state index is -0.878. The number of rotatable bonds is 41. The fourth-order valence-corrected chi connectivity index (χ4v) is 6.50. The first-order valence-electron chi connectivity index (χ1n) is 22.9. The number of amides is 1. The van der Waals surface area contributed by atoms with Gasteiger partial charge in [-0.05, 0) is 77.0 Å². The molecule has 0 bridgehead atoms. The number of unbranched alkanes of at least 4 members (excludes halogenated alkanes) is 24. The highest BCUT2D eigenvalue weighted by Gasteiger charge is 2.17. The molecule has 0 fully saturated rings. The molecule has 0 aromatic rings. The van der Waals surface area contributed by atoms with Crippen molar-refractivity contribution < 1.29 is 24.5 Å². The van der Waals surface area contributed by atoms with Crippen molar-refractivity contribution in [3.05, 3.63) is 48.6 Å². The van der Waals surface area contributed by atoms with E-state index in [0.29, 0.717) is 25.9 Å². The first kappa shape index (κ1) is 51.8. The van der Waals surface area contributed by atoms with Crippen LogP contribution in [0.15, 0.2) is 48.6 Å². The number of ether oxygens (including phenoxy) is 1. The van der Waals surface area contributed by atoms with Gasteiger partial charge in [0.1, 0.15) is 0 Å². The van der Waals surface area contributed by atoms with Crippen LogP contribution in [0.5, 0.6) is 0 Å². The topological polar surface area (TPSA) is 95.9 Å². The van der Waals surface area contributed by atoms with E-state index in [9.17, 15) is 19.8 Å². The highest BCUT2D eigenvalue weighted by Crippen LogP contribution is 2.13. The molecule has 0 aliphatic carbocycles. The third kappa shape index (κ3) is 39.5. The number of esters is 1. The standard InChI is InChI=1S/C48H87NO5/c1-3-5-7-9-11-13-15-16-19-22-26-30-34-38-42-48(53)54-43-39-35-31-27-23-20-17-18-21-25-29-33-37-41-47(52)49-45(44-50)46(51)40-36-32-28-24-14-12-10-8-6-4-2/h15-16,18,21,29,33,36,40,45-46,50-51H,3-14,17,19-20,22-28,30-32,34-35,37-39,41-44H2,1-2H3,(H,49,52)/b16-15-,21-18-,33-29-,40-36+. The maximum absolute atomic E-state index is 12.3. The lowest BCUT2D eigenvalue weighted by atomic mass is 10.1. The molecular weight excluding hydrogens is 671 g/mol. The van der Waals surface area contributed by atoms with Gasteiger partial charge in [-0.15, -0.1) is 0 Å². The van der Waals surface area contributed by atoms with Crippen molar-refractivity contribution >= 4 is 11.9 Å². The Morgan fingerprint density at radius 1 is 0.519 bits per heavy atom. The Balaban J connectivity index is 3.59. The van der Waals surface area contributed by atoms with Crippen LogP contribution in [0.25, 0.3) is 0 Å². The molecule has 0 heterocycles. The molecule has 0 aromatic carbocycles. The average molecular weight is 758 g/mol. The van der Waals surface area contributed by atoms with Crippen molar-refractivity contribution in [2.45, 2.75) is 231 Å². The molecule has 314 valence electrons. The summed E-state index contributed by atoms with van der Waals surface area (Å²) in [5.74, 6) is -0.182. The zero-order chi connectivity index (χ0) is 39.4. The van der Waals surface area contributed by atoms with Gasteiger partial charge < -0.3 is 20.3 Å². The minimum absolute atomic E-state index is 0.0287. The lowest BCUT2D eigenvalue weighted by Gasteiger charge is -2.19. The maximum Gasteiger partial charge on any atom is 0.305 e. The molecule has 0 rings (SSSR count). The molecule has 0 aromatic heterocycles. The summed E-state index contributed by atoms with van der Waals surface area (Å²) in [4.78, 5) is 24.3. The Hall–Kier alpha value is -2.18. The van der Waals surface area contributed by atoms with Crippen LogP contribution in [-0.4, -0.2) is 47.4 Å². The van der Waals surface area contributed by atoms with E-state index in [0.717, 1.165) is 51.4 Å². The summed E-state index contributed by atoms with van der Waals surface area (Å²) in [7, 11) is 0. The van der Waals surface area contributed by atoms with Gasteiger partial charge in [0.15, 0.2) is 0 Å². The van der Waals surface area contributed by atoms with Gasteiger partial charge in [0.2, 0.25) is 5.91 Å². The number of nitrogens with one attached hydrogen (secondary N) is 1. The van der Waals surface area contributed by atoms with E-state index >= 15 is 0 Å². The SMILES string of the molecule is CCCCCCC/C=C\CCCCCCCC(=O)OCCCCCCCC/C=C\C/C=C\CCC(=O)NC(CO)C(O)/C=C/CCCCCCCCCC. The maximum atomic E-state index is 12.3. The molecule has 0 saturated carbocycles. The Morgan fingerprint density at radius 2 is 0.944 bits per heavy atom. The highest BCUT2D eigenvalue weighted by atomic mass is 16.5. The van der Waals surface area contributed by atoms with Crippen molar-refractivity contribution in [3.63, 3.8) is 0 Å². The third-order valence-electron chi connectivity index (χ3n) is 10.1. The van der Waals surface area contributed by atoms with Crippen LogP contribution in [-0.2, 0) is 14.3 Å². The number of hydrogen-bond donors (Lipinski definition) is 3. The van der Waals surface area contributed by atoms with Gasteiger partial charge in [-0.1, -0.05) is 178 Å². The Labute approximate surface area is 334 Å². The van der Waals surface area contributed by atoms with Gasteiger partial charge in [-0.3, -0.25) is 9.59 Å². The fourth-order valence-electron chi connectivity index (χ4n) is 6.50. The summed E-state index contributed by atoms with van der Waals surface area (Å²) in [6.45, 7) is 4.78. The first-order valence-corrected chi connectivity index (χ1v) is 22.9. The molecule has 6 heteroatoms. The van der Waals surface area contributed by atoms with Crippen molar-refractivity contribution in [2.24, 2.45) is 0 Å². The molecule has 2 atom stereocenters. The largest absolute Gasteiger partial charge is 0.466 e. The summed E-state index contributed by atoms with van der Waals surface area (Å²) in [6.07, 6.45) is 52.5. The van der Waals surface area contributed by atoms with Gasteiger partial charge >= 0.3 is 5.97 Å². The summed E-state index contributed by atoms with van der Waals surface area (Å²) in [5, 5.41) is 22.8. The van der Waals surface area contributed by atoms with Crippen molar-refractivity contribution in [1.82, 2.24) is 5.32 Å². The van der Waals surface area contributed by atoms with Gasteiger partial charge in [0.25, 0.3) is 0 Å². The van der Waals surface area contributed by atoms with Gasteiger partial charge in [0.05, 0.1) is 25.4 Å². The number of carbonyl (C=O) groups excluding carboxylic acids is 2. The van der Waals surface area contributed by atoms with E-state index in [1.165, 1.54) is 135 Å². The molecule has 0 spiro atoms. The molecular formula is C48H87NO5. The van der Waals surface area contributed by atoms with E-state index in [4.69, 9.17) is 4.74 Å². The molecule has 0 saturated heterocycles.